The van der Waals surface area contributed by atoms with Crippen LogP contribution in [0.1, 0.15) is 0 Å². The van der Waals surface area contributed by atoms with E-state index < -0.39 is 0 Å². The van der Waals surface area contributed by atoms with E-state index in [-0.39, 0.29) is 5.75 Å². The second-order valence-electron chi connectivity index (χ2n) is 3.37. The van der Waals surface area contributed by atoms with Crippen LogP contribution in [0.5, 0.6) is 5.75 Å². The molecule has 2 aromatic carbocycles. The molecule has 0 amide bonds. The molecule has 0 saturated carbocycles. The Labute approximate surface area is 94.3 Å². The van der Waals surface area contributed by atoms with Gasteiger partial charge >= 0.3 is 0 Å². The predicted molar refractivity (Wildman–Crippen MR) is 63.1 cm³/mol. The highest BCUT2D eigenvalue weighted by molar-refractivity contribution is 9.10. The van der Waals surface area contributed by atoms with Crippen molar-refractivity contribution in [3.63, 3.8) is 0 Å². The predicted octanol–water partition coefficient (Wildman–Crippen LogP) is 4.05. The van der Waals surface area contributed by atoms with Crippen LogP contribution >= 0.6 is 15.9 Å². The van der Waals surface area contributed by atoms with Crippen molar-refractivity contribution in [2.24, 2.45) is 0 Å². The van der Waals surface area contributed by atoms with E-state index in [1.54, 1.807) is 6.07 Å². The van der Waals surface area contributed by atoms with Crippen molar-refractivity contribution in [1.82, 2.24) is 0 Å². The van der Waals surface area contributed by atoms with Crippen LogP contribution in [-0.2, 0) is 0 Å². The number of furan rings is 1. The van der Waals surface area contributed by atoms with Crippen LogP contribution in [0.15, 0.2) is 45.3 Å². The molecule has 0 radical (unpaired) electrons. The van der Waals surface area contributed by atoms with E-state index in [2.05, 4.69) is 15.9 Å². The Morgan fingerprint density at radius 3 is 2.73 bits per heavy atom. The van der Waals surface area contributed by atoms with Gasteiger partial charge in [-0.3, -0.25) is 0 Å². The zero-order valence-electron chi connectivity index (χ0n) is 7.70. The maximum Gasteiger partial charge on any atom is 0.178 e. The zero-order chi connectivity index (χ0) is 10.4. The first-order chi connectivity index (χ1) is 7.27. The quantitative estimate of drug-likeness (QED) is 0.663. The summed E-state index contributed by atoms with van der Waals surface area (Å²) in [6, 6.07) is 11.2. The summed E-state index contributed by atoms with van der Waals surface area (Å²) in [7, 11) is 0. The SMILES string of the molecule is Oc1ccc(Br)c2c1oc1ccccc12. The number of para-hydroxylation sites is 1. The topological polar surface area (TPSA) is 33.4 Å². The Morgan fingerprint density at radius 1 is 1.07 bits per heavy atom. The van der Waals surface area contributed by atoms with Crippen molar-refractivity contribution in [1.29, 1.82) is 0 Å². The van der Waals surface area contributed by atoms with Crippen molar-refractivity contribution >= 4 is 37.9 Å². The maximum atomic E-state index is 9.68. The van der Waals surface area contributed by atoms with Gasteiger partial charge in [-0.05, 0) is 18.2 Å². The summed E-state index contributed by atoms with van der Waals surface area (Å²) in [5, 5.41) is 11.6. The number of aromatic hydroxyl groups is 1. The number of halogens is 1. The molecule has 1 aromatic heterocycles. The molecule has 0 aliphatic heterocycles. The summed E-state index contributed by atoms with van der Waals surface area (Å²) in [4.78, 5) is 0. The average Bonchev–Trinajstić information content (AvgIpc) is 2.64. The molecule has 0 spiro atoms. The third-order valence-electron chi connectivity index (χ3n) is 2.45. The Morgan fingerprint density at radius 2 is 1.87 bits per heavy atom. The molecule has 0 unspecified atom stereocenters. The normalized spacial score (nSPS) is 11.3. The lowest BCUT2D eigenvalue weighted by atomic mass is 10.1. The van der Waals surface area contributed by atoms with Crippen LogP contribution in [0.4, 0.5) is 0 Å². The first-order valence-corrected chi connectivity index (χ1v) is 5.35. The standard InChI is InChI=1S/C12H7BrO2/c13-8-5-6-9(14)12-11(8)7-3-1-2-4-10(7)15-12/h1-6,14H. The third-order valence-corrected chi connectivity index (χ3v) is 3.12. The van der Waals surface area contributed by atoms with Crippen LogP contribution in [0.2, 0.25) is 0 Å². The fourth-order valence-corrected chi connectivity index (χ4v) is 2.30. The molecular formula is C12H7BrO2. The van der Waals surface area contributed by atoms with E-state index in [0.29, 0.717) is 5.58 Å². The van der Waals surface area contributed by atoms with Gasteiger partial charge in [-0.1, -0.05) is 34.1 Å². The highest BCUT2D eigenvalue weighted by Crippen LogP contribution is 2.38. The van der Waals surface area contributed by atoms with E-state index >= 15 is 0 Å². The number of rotatable bonds is 0. The van der Waals surface area contributed by atoms with Gasteiger partial charge in [0, 0.05) is 15.2 Å². The van der Waals surface area contributed by atoms with Gasteiger partial charge in [-0.2, -0.15) is 0 Å². The lowest BCUT2D eigenvalue weighted by Crippen LogP contribution is -1.70. The molecule has 0 aliphatic rings. The van der Waals surface area contributed by atoms with Crippen LogP contribution in [0, 0.1) is 0 Å². The van der Waals surface area contributed by atoms with Crippen molar-refractivity contribution in [2.75, 3.05) is 0 Å². The summed E-state index contributed by atoms with van der Waals surface area (Å²) in [6.07, 6.45) is 0. The zero-order valence-corrected chi connectivity index (χ0v) is 9.28. The molecule has 3 rings (SSSR count). The third kappa shape index (κ3) is 1.16. The summed E-state index contributed by atoms with van der Waals surface area (Å²) in [5.74, 6) is 0.171. The summed E-state index contributed by atoms with van der Waals surface area (Å²) < 4.78 is 6.51. The van der Waals surface area contributed by atoms with Crippen molar-refractivity contribution in [2.45, 2.75) is 0 Å². The fraction of sp³-hybridized carbons (Fsp3) is 0. The molecule has 0 atom stereocenters. The largest absolute Gasteiger partial charge is 0.504 e. The van der Waals surface area contributed by atoms with Crippen molar-refractivity contribution in [3.05, 3.63) is 40.9 Å². The van der Waals surface area contributed by atoms with Gasteiger partial charge in [-0.15, -0.1) is 0 Å². The Kier molecular flexibility index (Phi) is 1.76. The first-order valence-electron chi connectivity index (χ1n) is 4.56. The van der Waals surface area contributed by atoms with Gasteiger partial charge in [0.1, 0.15) is 5.58 Å². The van der Waals surface area contributed by atoms with E-state index in [0.717, 1.165) is 20.8 Å². The number of fused-ring (bicyclic) bond motifs is 3. The lowest BCUT2D eigenvalue weighted by molar-refractivity contribution is 0.468. The Balaban J connectivity index is 2.66. The molecule has 0 fully saturated rings. The second kappa shape index (κ2) is 3.00. The van der Waals surface area contributed by atoms with Gasteiger partial charge < -0.3 is 9.52 Å². The number of hydrogen-bond acceptors (Lipinski definition) is 2. The molecular weight excluding hydrogens is 256 g/mol. The minimum atomic E-state index is 0.171. The number of benzene rings is 2. The fourth-order valence-electron chi connectivity index (χ4n) is 1.77. The van der Waals surface area contributed by atoms with Crippen molar-refractivity contribution < 1.29 is 9.52 Å². The van der Waals surface area contributed by atoms with E-state index in [1.807, 2.05) is 30.3 Å². The molecule has 3 heteroatoms. The van der Waals surface area contributed by atoms with Crippen LogP contribution in [0.3, 0.4) is 0 Å². The summed E-state index contributed by atoms with van der Waals surface area (Å²) >= 11 is 3.46. The van der Waals surface area contributed by atoms with Gasteiger partial charge in [0.15, 0.2) is 11.3 Å². The second-order valence-corrected chi connectivity index (χ2v) is 4.22. The molecule has 0 bridgehead atoms. The average molecular weight is 263 g/mol. The molecule has 0 saturated heterocycles. The van der Waals surface area contributed by atoms with Crippen molar-refractivity contribution in [3.8, 4) is 5.75 Å². The molecule has 1 N–H and O–H groups in total. The molecule has 15 heavy (non-hydrogen) atoms. The maximum absolute atomic E-state index is 9.68. The first kappa shape index (κ1) is 8.80. The van der Waals surface area contributed by atoms with Crippen LogP contribution in [0.25, 0.3) is 21.9 Å². The Hall–Kier alpha value is -1.48. The number of phenols is 1. The number of phenolic OH excluding ortho intramolecular Hbond substituents is 1. The van der Waals surface area contributed by atoms with Crippen LogP contribution in [-0.4, -0.2) is 5.11 Å². The lowest BCUT2D eigenvalue weighted by Gasteiger charge is -1.95. The van der Waals surface area contributed by atoms with E-state index in [1.165, 1.54) is 0 Å². The van der Waals surface area contributed by atoms with E-state index in [4.69, 9.17) is 4.42 Å². The number of hydrogen-bond donors (Lipinski definition) is 1. The van der Waals surface area contributed by atoms with Gasteiger partial charge in [-0.25, -0.2) is 0 Å². The minimum absolute atomic E-state index is 0.171. The molecule has 0 aliphatic carbocycles. The monoisotopic (exact) mass is 262 g/mol. The van der Waals surface area contributed by atoms with Gasteiger partial charge in [0.25, 0.3) is 0 Å². The molecule has 3 aromatic rings. The Bertz CT molecular complexity index is 655. The molecule has 1 heterocycles. The summed E-state index contributed by atoms with van der Waals surface area (Å²) in [5.41, 5.74) is 1.32. The molecule has 2 nitrogen and oxygen atoms in total. The smallest absolute Gasteiger partial charge is 0.178 e. The highest BCUT2D eigenvalue weighted by Gasteiger charge is 2.12. The highest BCUT2D eigenvalue weighted by atomic mass is 79.9. The van der Waals surface area contributed by atoms with Gasteiger partial charge in [0.2, 0.25) is 0 Å². The minimum Gasteiger partial charge on any atom is -0.504 e. The van der Waals surface area contributed by atoms with E-state index in [9.17, 15) is 5.11 Å². The van der Waals surface area contributed by atoms with Crippen LogP contribution < -0.4 is 0 Å². The van der Waals surface area contributed by atoms with Gasteiger partial charge in [0.05, 0.1) is 0 Å². The molecule has 74 valence electrons. The summed E-state index contributed by atoms with van der Waals surface area (Å²) in [6.45, 7) is 0.